The molecule has 170 valence electrons. The second-order valence-corrected chi connectivity index (χ2v) is 10.8. The third-order valence-electron chi connectivity index (χ3n) is 6.58. The Balaban J connectivity index is 1.41. The minimum Gasteiger partial charge on any atom is -0.334 e. The van der Waals surface area contributed by atoms with Crippen LogP contribution in [-0.4, -0.2) is 38.2 Å². The van der Waals surface area contributed by atoms with Gasteiger partial charge in [0.05, 0.1) is 45.1 Å². The molecule has 2 aromatic carbocycles. The number of hydrogen-bond acceptors (Lipinski definition) is 2. The Hall–Kier alpha value is -1.45. The van der Waals surface area contributed by atoms with E-state index >= 15 is 0 Å². The first-order chi connectivity index (χ1) is 15.1. The van der Waals surface area contributed by atoms with Crippen LogP contribution in [0.2, 0.25) is 0 Å². The van der Waals surface area contributed by atoms with Gasteiger partial charge in [-0.2, -0.15) is 0 Å². The lowest BCUT2D eigenvalue weighted by Gasteiger charge is -2.36. The van der Waals surface area contributed by atoms with Crippen molar-refractivity contribution in [1.29, 1.82) is 0 Å². The number of fused-ring (bicyclic) bond motifs is 2. The van der Waals surface area contributed by atoms with Crippen LogP contribution in [0.1, 0.15) is 71.1 Å². The average Bonchev–Trinajstić information content (AvgIpc) is 2.78. The molecule has 1 heterocycles. The molecule has 0 unspecified atom stereocenters. The van der Waals surface area contributed by atoms with E-state index in [0.29, 0.717) is 0 Å². The van der Waals surface area contributed by atoms with Crippen LogP contribution in [0.25, 0.3) is 0 Å². The van der Waals surface area contributed by atoms with Crippen LogP contribution in [0.15, 0.2) is 58.3 Å². The summed E-state index contributed by atoms with van der Waals surface area (Å²) in [7, 11) is 4.81. The molecule has 0 aromatic heterocycles. The van der Waals surface area contributed by atoms with Gasteiger partial charge in [-0.1, -0.05) is 94.3 Å². The summed E-state index contributed by atoms with van der Waals surface area (Å²) in [5.41, 5.74) is 2.73. The Morgan fingerprint density at radius 1 is 0.645 bits per heavy atom. The summed E-state index contributed by atoms with van der Waals surface area (Å²) < 4.78 is 1.10. The van der Waals surface area contributed by atoms with Crippen molar-refractivity contribution < 1.29 is 4.48 Å². The summed E-state index contributed by atoms with van der Waals surface area (Å²) in [6, 6.07) is 17.7. The molecule has 3 rings (SSSR count). The van der Waals surface area contributed by atoms with Crippen LogP contribution < -0.4 is 4.90 Å². The number of quaternary nitrogens is 1. The minimum absolute atomic E-state index is 1.07. The average molecular weight is 440 g/mol. The molecular formula is C28H43N2S+. The quantitative estimate of drug-likeness (QED) is 0.215. The van der Waals surface area contributed by atoms with Gasteiger partial charge < -0.3 is 9.38 Å². The predicted octanol–water partition coefficient (Wildman–Crippen LogP) is 8.29. The SMILES string of the molecule is CCCCCCCCCCCC[N+](C)(C)CCN1c2ccccc2Sc2ccccc21. The second-order valence-electron chi connectivity index (χ2n) is 9.75. The van der Waals surface area contributed by atoms with Crippen LogP contribution in [0, 0.1) is 0 Å². The molecule has 3 heteroatoms. The van der Waals surface area contributed by atoms with Gasteiger partial charge in [-0.15, -0.1) is 0 Å². The highest BCUT2D eigenvalue weighted by Gasteiger charge is 2.25. The van der Waals surface area contributed by atoms with Gasteiger partial charge in [-0.25, -0.2) is 0 Å². The fourth-order valence-corrected chi connectivity index (χ4v) is 5.63. The number of rotatable bonds is 14. The summed E-state index contributed by atoms with van der Waals surface area (Å²) in [5, 5.41) is 0. The van der Waals surface area contributed by atoms with E-state index in [4.69, 9.17) is 0 Å². The zero-order chi connectivity index (χ0) is 21.9. The first kappa shape index (κ1) is 24.2. The summed E-state index contributed by atoms with van der Waals surface area (Å²) in [4.78, 5) is 5.29. The molecule has 0 radical (unpaired) electrons. The fourth-order valence-electron chi connectivity index (χ4n) is 4.53. The molecule has 0 saturated heterocycles. The van der Waals surface area contributed by atoms with Crippen molar-refractivity contribution in [3.63, 3.8) is 0 Å². The molecule has 0 saturated carbocycles. The van der Waals surface area contributed by atoms with E-state index in [0.717, 1.165) is 11.0 Å². The van der Waals surface area contributed by atoms with Gasteiger partial charge in [-0.3, -0.25) is 0 Å². The summed E-state index contributed by atoms with van der Waals surface area (Å²) in [5.74, 6) is 0. The van der Waals surface area contributed by atoms with E-state index in [1.165, 1.54) is 98.5 Å². The topological polar surface area (TPSA) is 3.24 Å². The molecule has 0 amide bonds. The number of benzene rings is 2. The van der Waals surface area contributed by atoms with Gasteiger partial charge in [0, 0.05) is 9.79 Å². The molecule has 0 N–H and O–H groups in total. The van der Waals surface area contributed by atoms with E-state index < -0.39 is 0 Å². The molecule has 2 nitrogen and oxygen atoms in total. The number of para-hydroxylation sites is 2. The Morgan fingerprint density at radius 3 is 1.68 bits per heavy atom. The number of likely N-dealkylation sites (N-methyl/N-ethyl adjacent to an activating group) is 1. The Labute approximate surface area is 195 Å². The monoisotopic (exact) mass is 439 g/mol. The smallest absolute Gasteiger partial charge is 0.0964 e. The minimum atomic E-state index is 1.07. The van der Waals surface area contributed by atoms with E-state index in [2.05, 4.69) is 74.4 Å². The molecule has 2 aromatic rings. The van der Waals surface area contributed by atoms with Gasteiger partial charge in [0.1, 0.15) is 0 Å². The van der Waals surface area contributed by atoms with Crippen LogP contribution in [0.4, 0.5) is 11.4 Å². The normalized spacial score (nSPS) is 13.2. The van der Waals surface area contributed by atoms with Crippen molar-refractivity contribution in [2.75, 3.05) is 38.6 Å². The van der Waals surface area contributed by atoms with Crippen molar-refractivity contribution in [3.05, 3.63) is 48.5 Å². The number of nitrogens with zero attached hydrogens (tertiary/aromatic N) is 2. The molecule has 31 heavy (non-hydrogen) atoms. The Bertz CT molecular complexity index is 741. The van der Waals surface area contributed by atoms with Gasteiger partial charge in [0.2, 0.25) is 0 Å². The first-order valence-corrected chi connectivity index (χ1v) is 13.4. The van der Waals surface area contributed by atoms with E-state index in [-0.39, 0.29) is 0 Å². The zero-order valence-corrected chi connectivity index (χ0v) is 20.9. The summed E-state index contributed by atoms with van der Waals surface area (Å²) in [6.07, 6.45) is 14.1. The Morgan fingerprint density at radius 2 is 1.13 bits per heavy atom. The third-order valence-corrected chi connectivity index (χ3v) is 7.71. The van der Waals surface area contributed by atoms with Gasteiger partial charge in [0.25, 0.3) is 0 Å². The van der Waals surface area contributed by atoms with E-state index in [1.54, 1.807) is 0 Å². The molecule has 0 bridgehead atoms. The maximum Gasteiger partial charge on any atom is 0.0964 e. The third kappa shape index (κ3) is 7.57. The van der Waals surface area contributed by atoms with Crippen LogP contribution in [-0.2, 0) is 0 Å². The molecule has 0 aliphatic carbocycles. The van der Waals surface area contributed by atoms with Crippen LogP contribution >= 0.6 is 11.8 Å². The predicted molar refractivity (Wildman–Crippen MR) is 138 cm³/mol. The van der Waals surface area contributed by atoms with Crippen molar-refractivity contribution >= 4 is 23.1 Å². The molecule has 1 aliphatic heterocycles. The van der Waals surface area contributed by atoms with E-state index in [1.807, 2.05) is 11.8 Å². The number of hydrogen-bond donors (Lipinski definition) is 0. The lowest BCUT2D eigenvalue weighted by molar-refractivity contribution is -0.889. The van der Waals surface area contributed by atoms with Crippen LogP contribution in [0.5, 0.6) is 0 Å². The molecular weight excluding hydrogens is 396 g/mol. The number of unbranched alkanes of at least 4 members (excludes halogenated alkanes) is 9. The molecule has 0 atom stereocenters. The maximum atomic E-state index is 2.54. The molecule has 0 spiro atoms. The highest BCUT2D eigenvalue weighted by molar-refractivity contribution is 7.99. The Kier molecular flexibility index (Phi) is 9.80. The van der Waals surface area contributed by atoms with Crippen molar-refractivity contribution in [1.82, 2.24) is 0 Å². The summed E-state index contributed by atoms with van der Waals surface area (Å²) >= 11 is 1.90. The molecule has 1 aliphatic rings. The second kappa shape index (κ2) is 12.6. The zero-order valence-electron chi connectivity index (χ0n) is 20.1. The largest absolute Gasteiger partial charge is 0.334 e. The van der Waals surface area contributed by atoms with Gasteiger partial charge in [-0.05, 0) is 37.1 Å². The van der Waals surface area contributed by atoms with Gasteiger partial charge in [0.15, 0.2) is 0 Å². The fraction of sp³-hybridized carbons (Fsp3) is 0.571. The molecule has 0 fully saturated rings. The number of anilines is 2. The lowest BCUT2D eigenvalue weighted by atomic mass is 10.1. The van der Waals surface area contributed by atoms with Crippen molar-refractivity contribution in [2.24, 2.45) is 0 Å². The van der Waals surface area contributed by atoms with Gasteiger partial charge >= 0.3 is 0 Å². The maximum absolute atomic E-state index is 2.54. The van der Waals surface area contributed by atoms with Crippen LogP contribution in [0.3, 0.4) is 0 Å². The first-order valence-electron chi connectivity index (χ1n) is 12.6. The lowest BCUT2D eigenvalue weighted by Crippen LogP contribution is -2.45. The highest BCUT2D eigenvalue weighted by atomic mass is 32.2. The van der Waals surface area contributed by atoms with E-state index in [9.17, 15) is 0 Å². The highest BCUT2D eigenvalue weighted by Crippen LogP contribution is 2.47. The van der Waals surface area contributed by atoms with Crippen molar-refractivity contribution in [3.8, 4) is 0 Å². The summed E-state index contributed by atoms with van der Waals surface area (Å²) in [6.45, 7) is 5.82. The standard InChI is InChI=1S/C28H43N2S/c1-4-5-6-7-8-9-10-11-12-17-23-30(2,3)24-22-29-25-18-13-15-20-27(25)31-28-21-16-14-19-26(28)29/h13-16,18-21H,4-12,17,22-24H2,1-3H3/q+1. The van der Waals surface area contributed by atoms with Crippen molar-refractivity contribution in [2.45, 2.75) is 80.9 Å².